The van der Waals surface area contributed by atoms with Crippen molar-refractivity contribution in [2.24, 2.45) is 10.7 Å². The van der Waals surface area contributed by atoms with E-state index in [-0.39, 0.29) is 31.1 Å². The number of likely N-dealkylation sites (N-methyl/N-ethyl adjacent to an activating group) is 1. The van der Waals surface area contributed by atoms with Crippen LogP contribution in [-0.2, 0) is 0 Å². The second-order valence-electron chi connectivity index (χ2n) is 9.70. The molecule has 220 valence electrons. The molecule has 4 rings (SSSR count). The summed E-state index contributed by atoms with van der Waals surface area (Å²) >= 11 is 0. The number of hydrogen-bond donors (Lipinski definition) is 3. The van der Waals surface area contributed by atoms with Gasteiger partial charge in [0.15, 0.2) is 5.82 Å². The van der Waals surface area contributed by atoms with E-state index in [9.17, 15) is 18.3 Å². The van der Waals surface area contributed by atoms with Gasteiger partial charge in [-0.25, -0.2) is 14.4 Å². The van der Waals surface area contributed by atoms with E-state index in [1.54, 1.807) is 32.7 Å². The van der Waals surface area contributed by atoms with Crippen molar-refractivity contribution in [1.82, 2.24) is 20.4 Å². The fourth-order valence-corrected chi connectivity index (χ4v) is 4.45. The first-order chi connectivity index (χ1) is 19.4. The second-order valence-corrected chi connectivity index (χ2v) is 9.70. The van der Waals surface area contributed by atoms with Crippen molar-refractivity contribution in [3.63, 3.8) is 0 Å². The molecule has 0 radical (unpaired) electrons. The lowest BCUT2D eigenvalue weighted by Gasteiger charge is -2.22. The summed E-state index contributed by atoms with van der Waals surface area (Å²) in [4.78, 5) is 14.6. The van der Waals surface area contributed by atoms with Crippen molar-refractivity contribution < 1.29 is 31.9 Å². The van der Waals surface area contributed by atoms with Gasteiger partial charge in [0.1, 0.15) is 42.4 Å². The van der Waals surface area contributed by atoms with E-state index in [2.05, 4.69) is 20.4 Å². The summed E-state index contributed by atoms with van der Waals surface area (Å²) in [6, 6.07) is 4.10. The van der Waals surface area contributed by atoms with Crippen molar-refractivity contribution in [2.45, 2.75) is 33.1 Å². The predicted molar refractivity (Wildman–Crippen MR) is 145 cm³/mol. The zero-order valence-electron chi connectivity index (χ0n) is 23.0. The minimum atomic E-state index is -4.43. The van der Waals surface area contributed by atoms with Crippen molar-refractivity contribution in [1.29, 1.82) is 0 Å². The molecule has 3 aromatic rings. The van der Waals surface area contributed by atoms with Crippen LogP contribution in [0, 0.1) is 26.6 Å². The van der Waals surface area contributed by atoms with Gasteiger partial charge in [0.25, 0.3) is 0 Å². The number of benzene rings is 1. The Morgan fingerprint density at radius 2 is 2.00 bits per heavy atom. The molecule has 14 heteroatoms. The van der Waals surface area contributed by atoms with Gasteiger partial charge in [-0.3, -0.25) is 4.99 Å². The van der Waals surface area contributed by atoms with Gasteiger partial charge in [0.05, 0.1) is 29.1 Å². The van der Waals surface area contributed by atoms with Gasteiger partial charge in [-0.15, -0.1) is 0 Å². The third kappa shape index (κ3) is 7.00. The lowest BCUT2D eigenvalue weighted by molar-refractivity contribution is -0.118. The number of aliphatic hydroxyl groups excluding tert-OH is 1. The zero-order chi connectivity index (χ0) is 29.9. The molecule has 0 bridgehead atoms. The van der Waals surface area contributed by atoms with Crippen LogP contribution in [0.4, 0.5) is 23.4 Å². The van der Waals surface area contributed by atoms with Crippen molar-refractivity contribution in [3.8, 4) is 28.4 Å². The number of ether oxygens (including phenoxy) is 1. The highest BCUT2D eigenvalue weighted by Gasteiger charge is 2.29. The first kappa shape index (κ1) is 29.9. The molecule has 3 heterocycles. The molecule has 0 saturated heterocycles. The Hall–Kier alpha value is -4.04. The normalized spacial score (nSPS) is 14.9. The van der Waals surface area contributed by atoms with Gasteiger partial charge < -0.3 is 30.3 Å². The Kier molecular flexibility index (Phi) is 8.92. The SMILES string of the molecule is CNC[C@@H](O)COc1ccc(F)c(-c2nc(-c3c(C)noc3C)c(C)c(N3CC(N)=C(C=NCC(F)(F)F)C3)n2)c1. The van der Waals surface area contributed by atoms with E-state index in [4.69, 9.17) is 20.0 Å². The number of rotatable bonds is 10. The maximum Gasteiger partial charge on any atom is 0.407 e. The van der Waals surface area contributed by atoms with Crippen LogP contribution in [0.1, 0.15) is 17.0 Å². The summed E-state index contributed by atoms with van der Waals surface area (Å²) < 4.78 is 64.0. The van der Waals surface area contributed by atoms with E-state index in [0.717, 1.165) is 6.21 Å². The summed E-state index contributed by atoms with van der Waals surface area (Å²) in [5.41, 5.74) is 9.22. The molecule has 0 amide bonds. The Morgan fingerprint density at radius 1 is 1.24 bits per heavy atom. The topological polar surface area (TPSA) is 135 Å². The highest BCUT2D eigenvalue weighted by Crippen LogP contribution is 2.36. The second kappa shape index (κ2) is 12.2. The first-order valence-electron chi connectivity index (χ1n) is 12.7. The lowest BCUT2D eigenvalue weighted by Crippen LogP contribution is -2.29. The van der Waals surface area contributed by atoms with Crippen LogP contribution in [0.25, 0.3) is 22.6 Å². The summed E-state index contributed by atoms with van der Waals surface area (Å²) in [5, 5.41) is 16.8. The highest BCUT2D eigenvalue weighted by molar-refractivity contribution is 5.84. The summed E-state index contributed by atoms with van der Waals surface area (Å²) in [5.74, 6) is 0.638. The van der Waals surface area contributed by atoms with Crippen molar-refractivity contribution >= 4 is 12.0 Å². The Bertz CT molecular complexity index is 1450. The molecule has 41 heavy (non-hydrogen) atoms. The molecule has 10 nitrogen and oxygen atoms in total. The quantitative estimate of drug-likeness (QED) is 0.245. The van der Waals surface area contributed by atoms with Crippen LogP contribution < -0.4 is 20.7 Å². The van der Waals surface area contributed by atoms with Crippen LogP contribution in [0.2, 0.25) is 0 Å². The summed E-state index contributed by atoms with van der Waals surface area (Å²) in [6.45, 7) is 4.55. The Labute approximate surface area is 233 Å². The van der Waals surface area contributed by atoms with E-state index >= 15 is 4.39 Å². The average molecular weight is 578 g/mol. The number of halogens is 4. The molecule has 4 N–H and O–H groups in total. The van der Waals surface area contributed by atoms with E-state index in [1.165, 1.54) is 18.2 Å². The molecule has 0 saturated carbocycles. The van der Waals surface area contributed by atoms with Gasteiger partial charge in [-0.2, -0.15) is 13.2 Å². The molecule has 1 atom stereocenters. The maximum atomic E-state index is 15.2. The number of alkyl halides is 3. The average Bonchev–Trinajstić information content (AvgIpc) is 3.44. The van der Waals surface area contributed by atoms with E-state index in [1.807, 2.05) is 0 Å². The third-order valence-corrected chi connectivity index (χ3v) is 6.40. The summed E-state index contributed by atoms with van der Waals surface area (Å²) in [6.07, 6.45) is -4.08. The van der Waals surface area contributed by atoms with Gasteiger partial charge in [0.2, 0.25) is 0 Å². The van der Waals surface area contributed by atoms with E-state index < -0.39 is 24.6 Å². The van der Waals surface area contributed by atoms with E-state index in [0.29, 0.717) is 57.7 Å². The van der Waals surface area contributed by atoms with Crippen molar-refractivity contribution in [3.05, 3.63) is 52.3 Å². The molecule has 0 spiro atoms. The number of anilines is 1. The molecule has 1 aromatic carbocycles. The number of hydrogen-bond acceptors (Lipinski definition) is 10. The number of aromatic nitrogens is 3. The molecular formula is C27H31F4N7O3. The molecular weight excluding hydrogens is 546 g/mol. The van der Waals surface area contributed by atoms with Gasteiger partial charge in [0, 0.05) is 36.1 Å². The highest BCUT2D eigenvalue weighted by atomic mass is 19.4. The monoisotopic (exact) mass is 577 g/mol. The van der Waals surface area contributed by atoms with Gasteiger partial charge in [-0.05, 0) is 46.0 Å². The molecule has 0 fully saturated rings. The fourth-order valence-electron chi connectivity index (χ4n) is 4.45. The molecule has 2 aromatic heterocycles. The summed E-state index contributed by atoms with van der Waals surface area (Å²) in [7, 11) is 1.70. The third-order valence-electron chi connectivity index (χ3n) is 6.40. The number of nitrogens with one attached hydrogen (secondary N) is 1. The number of aliphatic hydroxyl groups is 1. The predicted octanol–water partition coefficient (Wildman–Crippen LogP) is 3.49. The zero-order valence-corrected chi connectivity index (χ0v) is 23.0. The molecule has 1 aliphatic heterocycles. The smallest absolute Gasteiger partial charge is 0.407 e. The largest absolute Gasteiger partial charge is 0.491 e. The van der Waals surface area contributed by atoms with Crippen LogP contribution in [0.5, 0.6) is 5.75 Å². The molecule has 0 unspecified atom stereocenters. The Balaban J connectivity index is 1.75. The van der Waals surface area contributed by atoms with Crippen LogP contribution in [-0.4, -0.2) is 78.6 Å². The fraction of sp³-hybridized carbons (Fsp3) is 0.407. The van der Waals surface area contributed by atoms with Crippen LogP contribution in [0.15, 0.2) is 39.0 Å². The number of nitrogens with two attached hydrogens (primary N) is 1. The minimum absolute atomic E-state index is 0.0202. The lowest BCUT2D eigenvalue weighted by atomic mass is 10.0. The Morgan fingerprint density at radius 3 is 2.66 bits per heavy atom. The molecule has 1 aliphatic rings. The standard InChI is InChI=1S/C27H31F4N7O3/c1-14-24(23-15(2)37-41-16(23)3)35-25(20-7-19(5-6-21(20)28)40-12-18(39)9-33-4)36-26(14)38-10-17(22(32)11-38)8-34-13-27(29,30)31/h5-8,18,33,39H,9-13,32H2,1-4H3/t18-/m1/s1. The maximum absolute atomic E-state index is 15.2. The first-order valence-corrected chi connectivity index (χ1v) is 12.7. The number of aliphatic imine (C=N–C) groups is 1. The molecule has 0 aliphatic carbocycles. The van der Waals surface area contributed by atoms with Gasteiger partial charge in [-0.1, -0.05) is 5.16 Å². The number of nitrogens with zero attached hydrogens (tertiary/aromatic N) is 5. The van der Waals surface area contributed by atoms with Crippen LogP contribution >= 0.6 is 0 Å². The minimum Gasteiger partial charge on any atom is -0.491 e. The van der Waals surface area contributed by atoms with Crippen LogP contribution in [0.3, 0.4) is 0 Å². The number of aryl methyl sites for hydroxylation is 2. The van der Waals surface area contributed by atoms with Crippen molar-refractivity contribution in [2.75, 3.05) is 44.7 Å². The van der Waals surface area contributed by atoms with Gasteiger partial charge >= 0.3 is 6.18 Å².